The Morgan fingerprint density at radius 3 is 2.58 bits per heavy atom. The number of nitrogens with zero attached hydrogens (tertiary/aromatic N) is 2. The van der Waals surface area contributed by atoms with Crippen molar-refractivity contribution < 1.29 is 4.84 Å². The molecule has 3 aromatic rings. The summed E-state index contributed by atoms with van der Waals surface area (Å²) in [5.41, 5.74) is 7.23. The van der Waals surface area contributed by atoms with E-state index in [0.29, 0.717) is 12.6 Å². The average molecular weight is 343 g/mol. The fourth-order valence-electron chi connectivity index (χ4n) is 4.02. The lowest BCUT2D eigenvalue weighted by molar-refractivity contribution is 0.144. The van der Waals surface area contributed by atoms with E-state index in [4.69, 9.17) is 4.84 Å². The maximum absolute atomic E-state index is 5.65. The molecule has 0 unspecified atom stereocenters. The minimum atomic E-state index is 0.507. The number of hydrogen-bond donors (Lipinski definition) is 1. The molecule has 0 saturated carbocycles. The molecular formula is C22H21N3O. The van der Waals surface area contributed by atoms with E-state index in [2.05, 4.69) is 69.8 Å². The molecule has 0 radical (unpaired) electrons. The summed E-state index contributed by atoms with van der Waals surface area (Å²) in [5.74, 6) is 0. The second kappa shape index (κ2) is 6.46. The van der Waals surface area contributed by atoms with E-state index in [1.165, 1.54) is 11.1 Å². The average Bonchev–Trinajstić information content (AvgIpc) is 3.36. The van der Waals surface area contributed by atoms with E-state index in [1.807, 2.05) is 12.1 Å². The summed E-state index contributed by atoms with van der Waals surface area (Å²) in [6.07, 6.45) is 4.27. The number of nitrogens with one attached hydrogen (secondary N) is 1. The molecule has 0 saturated heterocycles. The fourth-order valence-corrected chi connectivity index (χ4v) is 4.02. The minimum absolute atomic E-state index is 0.507. The van der Waals surface area contributed by atoms with Crippen LogP contribution in [0.1, 0.15) is 22.4 Å². The van der Waals surface area contributed by atoms with Gasteiger partial charge in [-0.05, 0) is 42.2 Å². The van der Waals surface area contributed by atoms with Crippen LogP contribution in [0.25, 0.3) is 5.69 Å². The standard InChI is InChI=1S/C22H21N3O/c1-2-7-17-15-18(14-16(17)6-1)23-11-13-26-24-22-19-8-3-4-9-20(19)25-12-5-10-21(22)25/h1-10,12,18,23H,11,13-15H2. The highest BCUT2D eigenvalue weighted by Gasteiger charge is 2.24. The maximum Gasteiger partial charge on any atom is 0.136 e. The lowest BCUT2D eigenvalue weighted by atomic mass is 10.1. The summed E-state index contributed by atoms with van der Waals surface area (Å²) in [4.78, 5) is 5.65. The molecule has 0 amide bonds. The van der Waals surface area contributed by atoms with Crippen molar-refractivity contribution in [3.63, 3.8) is 0 Å². The van der Waals surface area contributed by atoms with Gasteiger partial charge in [-0.3, -0.25) is 0 Å². The number of oxime groups is 1. The summed E-state index contributed by atoms with van der Waals surface area (Å²) < 4.78 is 2.16. The summed E-state index contributed by atoms with van der Waals surface area (Å²) in [6, 6.07) is 21.6. The van der Waals surface area contributed by atoms with E-state index >= 15 is 0 Å². The molecule has 1 aromatic heterocycles. The molecule has 130 valence electrons. The van der Waals surface area contributed by atoms with Gasteiger partial charge in [0.15, 0.2) is 0 Å². The van der Waals surface area contributed by atoms with Gasteiger partial charge in [-0.15, -0.1) is 0 Å². The van der Waals surface area contributed by atoms with Crippen molar-refractivity contribution in [3.05, 3.63) is 89.2 Å². The number of benzene rings is 2. The van der Waals surface area contributed by atoms with Crippen molar-refractivity contribution in [1.29, 1.82) is 0 Å². The van der Waals surface area contributed by atoms with Crippen molar-refractivity contribution in [1.82, 2.24) is 9.88 Å². The summed E-state index contributed by atoms with van der Waals surface area (Å²) in [6.45, 7) is 1.37. The first-order valence-electron chi connectivity index (χ1n) is 9.18. The highest BCUT2D eigenvalue weighted by molar-refractivity contribution is 6.17. The molecule has 0 fully saturated rings. The highest BCUT2D eigenvalue weighted by Crippen LogP contribution is 2.28. The van der Waals surface area contributed by atoms with Crippen LogP contribution < -0.4 is 5.32 Å². The van der Waals surface area contributed by atoms with Gasteiger partial charge >= 0.3 is 0 Å². The molecule has 1 aliphatic carbocycles. The highest BCUT2D eigenvalue weighted by atomic mass is 16.6. The van der Waals surface area contributed by atoms with E-state index in [9.17, 15) is 0 Å². The summed E-state index contributed by atoms with van der Waals surface area (Å²) in [7, 11) is 0. The van der Waals surface area contributed by atoms with Crippen LogP contribution in [0.15, 0.2) is 72.0 Å². The maximum atomic E-state index is 5.65. The van der Waals surface area contributed by atoms with Gasteiger partial charge in [0.25, 0.3) is 0 Å². The summed E-state index contributed by atoms with van der Waals surface area (Å²) >= 11 is 0. The Balaban J connectivity index is 1.19. The zero-order chi connectivity index (χ0) is 17.3. The van der Waals surface area contributed by atoms with Crippen LogP contribution in [0.5, 0.6) is 0 Å². The molecule has 2 aliphatic rings. The predicted octanol–water partition coefficient (Wildman–Crippen LogP) is 3.32. The third-order valence-corrected chi connectivity index (χ3v) is 5.24. The van der Waals surface area contributed by atoms with Crippen LogP contribution in [0, 0.1) is 0 Å². The van der Waals surface area contributed by atoms with Gasteiger partial charge < -0.3 is 14.7 Å². The molecule has 26 heavy (non-hydrogen) atoms. The largest absolute Gasteiger partial charge is 0.394 e. The number of rotatable bonds is 5. The molecule has 5 rings (SSSR count). The fraction of sp³-hybridized carbons (Fsp3) is 0.227. The number of hydrogen-bond acceptors (Lipinski definition) is 3. The third kappa shape index (κ3) is 2.63. The number of aromatic nitrogens is 1. The van der Waals surface area contributed by atoms with E-state index in [0.717, 1.165) is 42.0 Å². The van der Waals surface area contributed by atoms with Gasteiger partial charge in [0, 0.05) is 24.3 Å². The van der Waals surface area contributed by atoms with E-state index < -0.39 is 0 Å². The first-order valence-corrected chi connectivity index (χ1v) is 9.18. The van der Waals surface area contributed by atoms with Gasteiger partial charge in [-0.25, -0.2) is 0 Å². The van der Waals surface area contributed by atoms with Crippen molar-refractivity contribution in [3.8, 4) is 5.69 Å². The smallest absolute Gasteiger partial charge is 0.136 e. The molecular weight excluding hydrogens is 322 g/mol. The Hall–Kier alpha value is -2.85. The Kier molecular flexibility index (Phi) is 3.83. The molecule has 2 aromatic carbocycles. The van der Waals surface area contributed by atoms with Crippen LogP contribution in [0.3, 0.4) is 0 Å². The topological polar surface area (TPSA) is 38.5 Å². The van der Waals surface area contributed by atoms with E-state index in [1.54, 1.807) is 0 Å². The Labute approximate surface area is 153 Å². The van der Waals surface area contributed by atoms with Gasteiger partial charge in [-0.1, -0.05) is 47.6 Å². The number of fused-ring (bicyclic) bond motifs is 4. The first kappa shape index (κ1) is 15.4. The van der Waals surface area contributed by atoms with Crippen molar-refractivity contribution in [2.45, 2.75) is 18.9 Å². The second-order valence-corrected chi connectivity index (χ2v) is 6.88. The molecule has 0 spiro atoms. The van der Waals surface area contributed by atoms with Crippen LogP contribution >= 0.6 is 0 Å². The zero-order valence-corrected chi connectivity index (χ0v) is 14.6. The Morgan fingerprint density at radius 1 is 0.962 bits per heavy atom. The first-order chi connectivity index (χ1) is 12.9. The van der Waals surface area contributed by atoms with Crippen molar-refractivity contribution in [2.24, 2.45) is 5.16 Å². The molecule has 4 nitrogen and oxygen atoms in total. The van der Waals surface area contributed by atoms with Crippen LogP contribution in [0.2, 0.25) is 0 Å². The third-order valence-electron chi connectivity index (χ3n) is 5.24. The summed E-state index contributed by atoms with van der Waals surface area (Å²) in [5, 5.41) is 8.03. The van der Waals surface area contributed by atoms with Crippen molar-refractivity contribution in [2.75, 3.05) is 13.2 Å². The number of para-hydroxylation sites is 1. The Morgan fingerprint density at radius 2 is 1.73 bits per heavy atom. The van der Waals surface area contributed by atoms with Gasteiger partial charge in [0.1, 0.15) is 12.3 Å². The lowest BCUT2D eigenvalue weighted by Crippen LogP contribution is -2.32. The molecule has 1 N–H and O–H groups in total. The van der Waals surface area contributed by atoms with Gasteiger partial charge in [0.2, 0.25) is 0 Å². The molecule has 1 aliphatic heterocycles. The lowest BCUT2D eigenvalue weighted by Gasteiger charge is -2.11. The van der Waals surface area contributed by atoms with Crippen LogP contribution in [0.4, 0.5) is 0 Å². The molecule has 0 bridgehead atoms. The second-order valence-electron chi connectivity index (χ2n) is 6.88. The normalized spacial score (nSPS) is 16.5. The molecule has 2 heterocycles. The van der Waals surface area contributed by atoms with Gasteiger partial charge in [-0.2, -0.15) is 0 Å². The monoisotopic (exact) mass is 343 g/mol. The Bertz CT molecular complexity index is 948. The predicted molar refractivity (Wildman–Crippen MR) is 103 cm³/mol. The minimum Gasteiger partial charge on any atom is -0.394 e. The van der Waals surface area contributed by atoms with Gasteiger partial charge in [0.05, 0.1) is 11.4 Å². The zero-order valence-electron chi connectivity index (χ0n) is 14.6. The van der Waals surface area contributed by atoms with E-state index in [-0.39, 0.29) is 0 Å². The van der Waals surface area contributed by atoms with Crippen LogP contribution in [-0.4, -0.2) is 29.5 Å². The van der Waals surface area contributed by atoms with Crippen molar-refractivity contribution >= 4 is 5.71 Å². The molecule has 4 heteroatoms. The SMILES string of the molecule is c1ccc2c(c1)CC(NCCON=C1c3ccccc3-n3cccc31)C2. The quantitative estimate of drug-likeness (QED) is 0.446. The molecule has 0 atom stereocenters. The van der Waals surface area contributed by atoms with Crippen LogP contribution in [-0.2, 0) is 17.7 Å².